The van der Waals surface area contributed by atoms with E-state index in [1.54, 1.807) is 6.33 Å². The third-order valence-electron chi connectivity index (χ3n) is 5.03. The minimum absolute atomic E-state index is 0.231. The Hall–Kier alpha value is -1.06. The molecule has 4 saturated carbocycles. The molecule has 4 aliphatic carbocycles. The van der Waals surface area contributed by atoms with Crippen LogP contribution in [0.4, 0.5) is 5.95 Å². The number of nitrogens with two attached hydrogens (primary N) is 1. The van der Waals surface area contributed by atoms with Gasteiger partial charge in [0.1, 0.15) is 6.33 Å². The molecule has 0 amide bonds. The van der Waals surface area contributed by atoms with Gasteiger partial charge in [-0.15, -0.1) is 0 Å². The molecule has 5 rings (SSSR count). The summed E-state index contributed by atoms with van der Waals surface area (Å²) in [5.74, 6) is 3.39. The quantitative estimate of drug-likeness (QED) is 0.781. The first-order valence-electron chi connectivity index (χ1n) is 6.41. The maximum atomic E-state index is 5.95. The largest absolute Gasteiger partial charge is 0.368 e. The van der Waals surface area contributed by atoms with E-state index in [2.05, 4.69) is 10.1 Å². The molecule has 4 heteroatoms. The summed E-state index contributed by atoms with van der Waals surface area (Å²) in [6.45, 7) is 0. The molecule has 86 valence electrons. The van der Waals surface area contributed by atoms with Gasteiger partial charge < -0.3 is 5.73 Å². The van der Waals surface area contributed by atoms with Gasteiger partial charge in [-0.25, -0.2) is 9.67 Å². The maximum absolute atomic E-state index is 5.95. The van der Waals surface area contributed by atoms with E-state index in [0.717, 1.165) is 17.8 Å². The minimum Gasteiger partial charge on any atom is -0.368 e. The van der Waals surface area contributed by atoms with Crippen molar-refractivity contribution < 1.29 is 0 Å². The van der Waals surface area contributed by atoms with E-state index in [4.69, 9.17) is 5.73 Å². The van der Waals surface area contributed by atoms with Crippen LogP contribution in [-0.4, -0.2) is 14.8 Å². The summed E-state index contributed by atoms with van der Waals surface area (Å²) in [5, 5.41) is 4.39. The number of hydrogen-bond donors (Lipinski definition) is 1. The van der Waals surface area contributed by atoms with Crippen LogP contribution in [0.5, 0.6) is 0 Å². The van der Waals surface area contributed by atoms with Crippen molar-refractivity contribution in [3.05, 3.63) is 6.33 Å². The van der Waals surface area contributed by atoms with E-state index in [1.807, 2.05) is 4.68 Å². The summed E-state index contributed by atoms with van der Waals surface area (Å²) in [5.41, 5.74) is 6.18. The Morgan fingerprint density at radius 2 is 1.69 bits per heavy atom. The zero-order valence-electron chi connectivity index (χ0n) is 9.47. The lowest BCUT2D eigenvalue weighted by molar-refractivity contribution is -0.0482. The van der Waals surface area contributed by atoms with E-state index in [1.165, 1.54) is 38.5 Å². The molecule has 1 aromatic heterocycles. The van der Waals surface area contributed by atoms with Gasteiger partial charge in [-0.3, -0.25) is 0 Å². The highest BCUT2D eigenvalue weighted by Gasteiger charge is 2.52. The molecule has 0 aliphatic heterocycles. The molecule has 0 radical (unpaired) electrons. The zero-order valence-corrected chi connectivity index (χ0v) is 9.47. The third kappa shape index (κ3) is 1.05. The molecule has 0 unspecified atom stereocenters. The summed E-state index contributed by atoms with van der Waals surface area (Å²) >= 11 is 0. The van der Waals surface area contributed by atoms with Crippen LogP contribution in [0.3, 0.4) is 0 Å². The van der Waals surface area contributed by atoms with Crippen LogP contribution in [0.2, 0.25) is 0 Å². The Balaban J connectivity index is 1.79. The van der Waals surface area contributed by atoms with Crippen molar-refractivity contribution in [2.75, 3.05) is 5.73 Å². The van der Waals surface area contributed by atoms with Gasteiger partial charge in [0.2, 0.25) is 5.95 Å². The van der Waals surface area contributed by atoms with Crippen molar-refractivity contribution in [1.82, 2.24) is 14.8 Å². The Kier molecular flexibility index (Phi) is 1.57. The van der Waals surface area contributed by atoms with Crippen LogP contribution >= 0.6 is 0 Å². The standard InChI is InChI=1S/C12H18N4/c13-11-14-7-15-16(11)12-4-8-1-9(5-12)3-10(2-8)6-12/h7-10H,1-6H2,(H2,13,14,15). The van der Waals surface area contributed by atoms with Crippen LogP contribution in [0, 0.1) is 17.8 Å². The van der Waals surface area contributed by atoms with Crippen molar-refractivity contribution in [2.45, 2.75) is 44.1 Å². The molecule has 4 aliphatic rings. The molecular weight excluding hydrogens is 200 g/mol. The van der Waals surface area contributed by atoms with Gasteiger partial charge in [-0.2, -0.15) is 5.10 Å². The minimum atomic E-state index is 0.231. The fourth-order valence-corrected chi connectivity index (χ4v) is 4.94. The summed E-state index contributed by atoms with van der Waals surface area (Å²) < 4.78 is 2.04. The van der Waals surface area contributed by atoms with Gasteiger partial charge in [0, 0.05) is 0 Å². The normalized spacial score (nSPS) is 45.1. The third-order valence-corrected chi connectivity index (χ3v) is 5.03. The molecule has 16 heavy (non-hydrogen) atoms. The molecule has 2 N–H and O–H groups in total. The second-order valence-electron chi connectivity index (χ2n) is 6.17. The van der Waals surface area contributed by atoms with Crippen LogP contribution in [0.15, 0.2) is 6.33 Å². The van der Waals surface area contributed by atoms with E-state index in [9.17, 15) is 0 Å². The lowest BCUT2D eigenvalue weighted by Crippen LogP contribution is -2.52. The molecular formula is C12H18N4. The lowest BCUT2D eigenvalue weighted by Gasteiger charge is -2.56. The van der Waals surface area contributed by atoms with Crippen molar-refractivity contribution in [2.24, 2.45) is 17.8 Å². The SMILES string of the molecule is Nc1ncnn1C12CC3CC(CC(C3)C1)C2. The highest BCUT2D eigenvalue weighted by molar-refractivity contribution is 5.19. The van der Waals surface area contributed by atoms with E-state index in [-0.39, 0.29) is 5.54 Å². The predicted molar refractivity (Wildman–Crippen MR) is 60.6 cm³/mol. The lowest BCUT2D eigenvalue weighted by atomic mass is 9.53. The first-order valence-corrected chi connectivity index (χ1v) is 6.41. The topological polar surface area (TPSA) is 56.7 Å². The highest BCUT2D eigenvalue weighted by Crippen LogP contribution is 2.58. The summed E-state index contributed by atoms with van der Waals surface area (Å²) in [7, 11) is 0. The molecule has 0 spiro atoms. The van der Waals surface area contributed by atoms with Crippen LogP contribution in [0.1, 0.15) is 38.5 Å². The average Bonchev–Trinajstić information content (AvgIpc) is 2.62. The van der Waals surface area contributed by atoms with Crippen molar-refractivity contribution in [3.63, 3.8) is 0 Å². The van der Waals surface area contributed by atoms with E-state index >= 15 is 0 Å². The highest BCUT2D eigenvalue weighted by atomic mass is 15.4. The number of nitrogens with zero attached hydrogens (tertiary/aromatic N) is 3. The number of rotatable bonds is 1. The predicted octanol–water partition coefficient (Wildman–Crippen LogP) is 1.79. The number of hydrogen-bond acceptors (Lipinski definition) is 3. The van der Waals surface area contributed by atoms with E-state index in [0.29, 0.717) is 5.95 Å². The smallest absolute Gasteiger partial charge is 0.218 e. The van der Waals surface area contributed by atoms with E-state index < -0.39 is 0 Å². The van der Waals surface area contributed by atoms with Crippen LogP contribution in [-0.2, 0) is 5.54 Å². The summed E-state index contributed by atoms with van der Waals surface area (Å²) in [4.78, 5) is 4.10. The Bertz CT molecular complexity index is 387. The molecule has 4 fully saturated rings. The second-order valence-corrected chi connectivity index (χ2v) is 6.17. The monoisotopic (exact) mass is 218 g/mol. The molecule has 1 aromatic rings. The van der Waals surface area contributed by atoms with Crippen molar-refractivity contribution >= 4 is 5.95 Å². The van der Waals surface area contributed by atoms with Crippen LogP contribution in [0.25, 0.3) is 0 Å². The Morgan fingerprint density at radius 3 is 2.12 bits per heavy atom. The maximum Gasteiger partial charge on any atom is 0.218 e. The molecule has 0 atom stereocenters. The number of aromatic nitrogens is 3. The fraction of sp³-hybridized carbons (Fsp3) is 0.833. The molecule has 0 aromatic carbocycles. The summed E-state index contributed by atoms with van der Waals surface area (Å²) in [6, 6.07) is 0. The Morgan fingerprint density at radius 1 is 1.12 bits per heavy atom. The van der Waals surface area contributed by atoms with Crippen molar-refractivity contribution in [1.29, 1.82) is 0 Å². The molecule has 4 nitrogen and oxygen atoms in total. The first-order chi connectivity index (χ1) is 7.75. The van der Waals surface area contributed by atoms with Gasteiger partial charge in [0.25, 0.3) is 0 Å². The molecule has 1 heterocycles. The van der Waals surface area contributed by atoms with Gasteiger partial charge in [0.05, 0.1) is 5.54 Å². The second kappa shape index (κ2) is 2.79. The average molecular weight is 218 g/mol. The molecule has 4 bridgehead atoms. The fourth-order valence-electron chi connectivity index (χ4n) is 4.94. The number of anilines is 1. The van der Waals surface area contributed by atoms with Gasteiger partial charge >= 0.3 is 0 Å². The Labute approximate surface area is 95.2 Å². The van der Waals surface area contributed by atoms with Gasteiger partial charge in [-0.05, 0) is 56.3 Å². The van der Waals surface area contributed by atoms with Crippen LogP contribution < -0.4 is 5.73 Å². The molecule has 0 saturated heterocycles. The first kappa shape index (κ1) is 9.02. The summed E-state index contributed by atoms with van der Waals surface area (Å²) in [6.07, 6.45) is 9.81. The zero-order chi connectivity index (χ0) is 10.8. The van der Waals surface area contributed by atoms with Gasteiger partial charge in [0.15, 0.2) is 0 Å². The van der Waals surface area contributed by atoms with Gasteiger partial charge in [-0.1, -0.05) is 0 Å². The number of nitrogen functional groups attached to an aromatic ring is 1. The van der Waals surface area contributed by atoms with Crippen molar-refractivity contribution in [3.8, 4) is 0 Å².